The SMILES string of the molecule is O=C1CCCC2=C1C(c1ccc(O)cc1)n1nc(CCCO)nc1N2. The van der Waals surface area contributed by atoms with Gasteiger partial charge < -0.3 is 15.5 Å². The third-order valence-corrected chi connectivity index (χ3v) is 4.68. The smallest absolute Gasteiger partial charge is 0.226 e. The number of hydrogen-bond donors (Lipinski definition) is 3. The van der Waals surface area contributed by atoms with E-state index in [1.807, 2.05) is 12.1 Å². The number of carbonyl (C=O) groups excluding carboxylic acids is 1. The fraction of sp³-hybridized carbons (Fsp3) is 0.389. The number of rotatable bonds is 4. The Bertz CT molecular complexity index is 839. The van der Waals surface area contributed by atoms with E-state index in [9.17, 15) is 9.90 Å². The lowest BCUT2D eigenvalue weighted by molar-refractivity contribution is -0.116. The highest BCUT2D eigenvalue weighted by Gasteiger charge is 2.36. The summed E-state index contributed by atoms with van der Waals surface area (Å²) in [5, 5.41) is 26.5. The molecule has 1 aliphatic heterocycles. The molecule has 7 heteroatoms. The lowest BCUT2D eigenvalue weighted by atomic mass is 9.85. The van der Waals surface area contributed by atoms with Crippen LogP contribution < -0.4 is 5.32 Å². The highest BCUT2D eigenvalue weighted by atomic mass is 16.3. The van der Waals surface area contributed by atoms with Crippen molar-refractivity contribution in [2.45, 2.75) is 38.1 Å². The van der Waals surface area contributed by atoms with E-state index in [2.05, 4.69) is 15.4 Å². The molecule has 0 saturated heterocycles. The van der Waals surface area contributed by atoms with Crippen molar-refractivity contribution in [2.24, 2.45) is 0 Å². The summed E-state index contributed by atoms with van der Waals surface area (Å²) in [6, 6.07) is 6.53. The number of phenolic OH excluding ortho intramolecular Hbond substituents is 1. The number of hydrogen-bond acceptors (Lipinski definition) is 6. The van der Waals surface area contributed by atoms with Crippen LogP contribution in [0.25, 0.3) is 0 Å². The molecule has 0 spiro atoms. The van der Waals surface area contributed by atoms with Gasteiger partial charge in [0, 0.05) is 30.7 Å². The largest absolute Gasteiger partial charge is 0.508 e. The maximum Gasteiger partial charge on any atom is 0.226 e. The van der Waals surface area contributed by atoms with Crippen LogP contribution in [0, 0.1) is 0 Å². The number of benzene rings is 1. The van der Waals surface area contributed by atoms with Crippen LogP contribution in [-0.2, 0) is 11.2 Å². The molecule has 7 nitrogen and oxygen atoms in total. The first-order valence-corrected chi connectivity index (χ1v) is 8.56. The zero-order valence-corrected chi connectivity index (χ0v) is 13.8. The molecule has 1 unspecified atom stereocenters. The van der Waals surface area contributed by atoms with E-state index < -0.39 is 0 Å². The van der Waals surface area contributed by atoms with E-state index in [4.69, 9.17) is 5.11 Å². The van der Waals surface area contributed by atoms with Crippen molar-refractivity contribution in [2.75, 3.05) is 11.9 Å². The number of nitrogens with zero attached hydrogens (tertiary/aromatic N) is 3. The van der Waals surface area contributed by atoms with E-state index in [0.717, 1.165) is 29.7 Å². The number of anilines is 1. The Morgan fingerprint density at radius 2 is 2.04 bits per heavy atom. The fourth-order valence-corrected chi connectivity index (χ4v) is 3.51. The maximum absolute atomic E-state index is 12.6. The summed E-state index contributed by atoms with van der Waals surface area (Å²) in [5.41, 5.74) is 2.55. The summed E-state index contributed by atoms with van der Waals surface area (Å²) in [5.74, 6) is 1.58. The number of aromatic nitrogens is 3. The number of ketones is 1. The standard InChI is InChI=1S/C18H20N4O3/c23-10-2-5-15-20-18-19-13-3-1-4-14(25)16(13)17(22(18)21-15)11-6-8-12(24)9-7-11/h6-9,17,23-24H,1-5,10H2,(H,19,20,21). The van der Waals surface area contributed by atoms with Crippen LogP contribution in [0.15, 0.2) is 35.5 Å². The highest BCUT2D eigenvalue weighted by Crippen LogP contribution is 2.40. The minimum atomic E-state index is -0.338. The van der Waals surface area contributed by atoms with Crippen LogP contribution in [0.3, 0.4) is 0 Å². The Hall–Kier alpha value is -2.67. The molecule has 0 fully saturated rings. The number of phenols is 1. The molecule has 1 atom stereocenters. The predicted molar refractivity (Wildman–Crippen MR) is 91.2 cm³/mol. The van der Waals surface area contributed by atoms with Gasteiger partial charge in [-0.25, -0.2) is 4.68 Å². The average Bonchev–Trinajstić information content (AvgIpc) is 3.01. The van der Waals surface area contributed by atoms with Crippen molar-refractivity contribution in [1.82, 2.24) is 14.8 Å². The molecule has 4 rings (SSSR count). The highest BCUT2D eigenvalue weighted by molar-refractivity contribution is 5.99. The number of allylic oxidation sites excluding steroid dienone is 2. The van der Waals surface area contributed by atoms with Crippen molar-refractivity contribution in [3.05, 3.63) is 46.9 Å². The minimum Gasteiger partial charge on any atom is -0.508 e. The Labute approximate surface area is 145 Å². The molecule has 25 heavy (non-hydrogen) atoms. The quantitative estimate of drug-likeness (QED) is 0.786. The van der Waals surface area contributed by atoms with Gasteiger partial charge in [0.2, 0.25) is 5.95 Å². The Morgan fingerprint density at radius 1 is 1.24 bits per heavy atom. The molecule has 2 aliphatic rings. The van der Waals surface area contributed by atoms with Gasteiger partial charge in [0.25, 0.3) is 0 Å². The molecule has 0 amide bonds. The molecule has 0 bridgehead atoms. The molecule has 2 aromatic rings. The lowest BCUT2D eigenvalue weighted by Gasteiger charge is -2.32. The van der Waals surface area contributed by atoms with Crippen LogP contribution >= 0.6 is 0 Å². The Kier molecular flexibility index (Phi) is 4.01. The third-order valence-electron chi connectivity index (χ3n) is 4.68. The van der Waals surface area contributed by atoms with Crippen molar-refractivity contribution in [3.8, 4) is 5.75 Å². The van der Waals surface area contributed by atoms with E-state index in [-0.39, 0.29) is 24.2 Å². The molecular weight excluding hydrogens is 320 g/mol. The molecular formula is C18H20N4O3. The zero-order valence-electron chi connectivity index (χ0n) is 13.8. The van der Waals surface area contributed by atoms with Gasteiger partial charge in [-0.1, -0.05) is 12.1 Å². The molecule has 3 N–H and O–H groups in total. The molecule has 0 saturated carbocycles. The van der Waals surface area contributed by atoms with Crippen LogP contribution in [0.4, 0.5) is 5.95 Å². The number of aliphatic hydroxyl groups excluding tert-OH is 1. The summed E-state index contributed by atoms with van der Waals surface area (Å²) >= 11 is 0. The maximum atomic E-state index is 12.6. The van der Waals surface area contributed by atoms with Crippen molar-refractivity contribution in [3.63, 3.8) is 0 Å². The van der Waals surface area contributed by atoms with Crippen molar-refractivity contribution in [1.29, 1.82) is 0 Å². The summed E-state index contributed by atoms with van der Waals surface area (Å²) in [4.78, 5) is 17.2. The number of carbonyl (C=O) groups is 1. The van der Waals surface area contributed by atoms with Crippen LogP contribution in [0.2, 0.25) is 0 Å². The number of fused-ring (bicyclic) bond motifs is 1. The Balaban J connectivity index is 1.82. The first kappa shape index (κ1) is 15.8. The third kappa shape index (κ3) is 2.80. The van der Waals surface area contributed by atoms with Crippen molar-refractivity contribution < 1.29 is 15.0 Å². The first-order valence-electron chi connectivity index (χ1n) is 8.56. The van der Waals surface area contributed by atoms with Crippen molar-refractivity contribution >= 4 is 11.7 Å². The van der Waals surface area contributed by atoms with Crippen LogP contribution in [0.1, 0.15) is 43.1 Å². The monoisotopic (exact) mass is 340 g/mol. The Morgan fingerprint density at radius 3 is 2.80 bits per heavy atom. The van der Waals surface area contributed by atoms with Gasteiger partial charge in [-0.05, 0) is 37.0 Å². The summed E-state index contributed by atoms with van der Waals surface area (Å²) in [7, 11) is 0. The van der Waals surface area contributed by atoms with E-state index in [1.165, 1.54) is 0 Å². The predicted octanol–water partition coefficient (Wildman–Crippen LogP) is 1.93. The topological polar surface area (TPSA) is 100 Å². The number of nitrogens with one attached hydrogen (secondary N) is 1. The number of aromatic hydroxyl groups is 1. The second-order valence-electron chi connectivity index (χ2n) is 6.41. The van der Waals surface area contributed by atoms with E-state index in [1.54, 1.807) is 16.8 Å². The fourth-order valence-electron chi connectivity index (χ4n) is 3.51. The number of aliphatic hydroxyl groups is 1. The van der Waals surface area contributed by atoms with Gasteiger partial charge in [0.15, 0.2) is 11.6 Å². The number of aryl methyl sites for hydroxylation is 1. The average molecular weight is 340 g/mol. The molecule has 1 aliphatic carbocycles. The van der Waals surface area contributed by atoms with Gasteiger partial charge in [-0.15, -0.1) is 0 Å². The number of Topliss-reactive ketones (excluding diaryl/α,β-unsaturated/α-hetero) is 1. The van der Waals surface area contributed by atoms with Gasteiger partial charge in [-0.2, -0.15) is 10.1 Å². The molecule has 0 radical (unpaired) electrons. The van der Waals surface area contributed by atoms with Gasteiger partial charge >= 0.3 is 0 Å². The second-order valence-corrected chi connectivity index (χ2v) is 6.41. The van der Waals surface area contributed by atoms with Gasteiger partial charge in [-0.3, -0.25) is 4.79 Å². The summed E-state index contributed by atoms with van der Waals surface area (Å²) < 4.78 is 1.75. The molecule has 1 aromatic heterocycles. The molecule has 130 valence electrons. The minimum absolute atomic E-state index is 0.0892. The van der Waals surface area contributed by atoms with Gasteiger partial charge in [0.1, 0.15) is 11.8 Å². The van der Waals surface area contributed by atoms with Crippen LogP contribution in [0.5, 0.6) is 5.75 Å². The van der Waals surface area contributed by atoms with E-state index >= 15 is 0 Å². The van der Waals surface area contributed by atoms with E-state index in [0.29, 0.717) is 31.0 Å². The summed E-state index contributed by atoms with van der Waals surface area (Å²) in [6.45, 7) is 0.0892. The normalized spacial score (nSPS) is 19.4. The zero-order chi connectivity index (χ0) is 17.4. The second kappa shape index (κ2) is 6.33. The molecule has 1 aromatic carbocycles. The molecule has 2 heterocycles. The summed E-state index contributed by atoms with van der Waals surface area (Å²) in [6.07, 6.45) is 3.36. The lowest BCUT2D eigenvalue weighted by Crippen LogP contribution is -2.31. The van der Waals surface area contributed by atoms with Crippen LogP contribution in [-0.4, -0.2) is 37.4 Å². The van der Waals surface area contributed by atoms with Gasteiger partial charge in [0.05, 0.1) is 0 Å². The first-order chi connectivity index (χ1) is 12.2.